The third kappa shape index (κ3) is 3.70. The van der Waals surface area contributed by atoms with E-state index in [0.29, 0.717) is 0 Å². The highest BCUT2D eigenvalue weighted by molar-refractivity contribution is 9.10. The quantitative estimate of drug-likeness (QED) is 0.627. The van der Waals surface area contributed by atoms with Crippen molar-refractivity contribution in [1.29, 1.82) is 0 Å². The van der Waals surface area contributed by atoms with E-state index in [4.69, 9.17) is 22.2 Å². The number of nitrogens with one attached hydrogen (secondary N) is 1. The summed E-state index contributed by atoms with van der Waals surface area (Å²) in [5.74, 6) is 6.51. The topological polar surface area (TPSA) is 47.3 Å². The van der Waals surface area contributed by atoms with Gasteiger partial charge in [0.25, 0.3) is 0 Å². The van der Waals surface area contributed by atoms with Crippen molar-refractivity contribution in [3.8, 4) is 5.75 Å². The maximum absolute atomic E-state index is 5.97. The molecule has 0 aliphatic rings. The van der Waals surface area contributed by atoms with E-state index < -0.39 is 0 Å². The lowest BCUT2D eigenvalue weighted by Crippen LogP contribution is -2.29. The lowest BCUT2D eigenvalue weighted by molar-refractivity contribution is 0.406. The molecule has 6 heteroatoms. The Hall–Kier alpha value is -0.590. The first-order valence-corrected chi connectivity index (χ1v) is 7.66. The molecule has 0 saturated heterocycles. The first-order valence-electron chi connectivity index (χ1n) is 5.68. The first kappa shape index (κ1) is 14.8. The number of benzene rings is 1. The Balaban J connectivity index is 2.25. The fourth-order valence-corrected chi connectivity index (χ4v) is 3.41. The van der Waals surface area contributed by atoms with Crippen LogP contribution >= 0.6 is 38.9 Å². The third-order valence-corrected chi connectivity index (χ3v) is 4.64. The van der Waals surface area contributed by atoms with E-state index in [1.165, 1.54) is 11.3 Å². The van der Waals surface area contributed by atoms with Crippen LogP contribution in [0.15, 0.2) is 34.8 Å². The van der Waals surface area contributed by atoms with E-state index in [-0.39, 0.29) is 6.04 Å². The molecule has 1 heterocycles. The lowest BCUT2D eigenvalue weighted by atomic mass is 10.0. The zero-order chi connectivity index (χ0) is 13.8. The molecule has 0 aliphatic heterocycles. The van der Waals surface area contributed by atoms with Crippen LogP contribution in [-0.4, -0.2) is 7.11 Å². The number of ether oxygens (including phenoxy) is 1. The lowest BCUT2D eigenvalue weighted by Gasteiger charge is -2.16. The van der Waals surface area contributed by atoms with E-state index in [0.717, 1.165) is 31.4 Å². The molecule has 0 saturated carbocycles. The second-order valence-electron chi connectivity index (χ2n) is 4.02. The van der Waals surface area contributed by atoms with Crippen LogP contribution in [0, 0.1) is 0 Å². The molecule has 1 aromatic heterocycles. The maximum atomic E-state index is 5.97. The summed E-state index contributed by atoms with van der Waals surface area (Å²) in [6, 6.07) is 9.81. The zero-order valence-corrected chi connectivity index (χ0v) is 13.5. The van der Waals surface area contributed by atoms with Gasteiger partial charge >= 0.3 is 0 Å². The molecule has 0 amide bonds. The molecule has 1 atom stereocenters. The Morgan fingerprint density at radius 2 is 2.21 bits per heavy atom. The van der Waals surface area contributed by atoms with Crippen molar-refractivity contribution in [2.75, 3.05) is 7.11 Å². The van der Waals surface area contributed by atoms with Crippen molar-refractivity contribution in [3.63, 3.8) is 0 Å². The van der Waals surface area contributed by atoms with Gasteiger partial charge in [-0.15, -0.1) is 11.3 Å². The van der Waals surface area contributed by atoms with Crippen molar-refractivity contribution < 1.29 is 4.74 Å². The number of methoxy groups -OCH3 is 1. The van der Waals surface area contributed by atoms with Crippen LogP contribution in [0.5, 0.6) is 5.75 Å². The monoisotopic (exact) mass is 360 g/mol. The molecule has 102 valence electrons. The summed E-state index contributed by atoms with van der Waals surface area (Å²) in [5, 5.41) is 0. The zero-order valence-electron chi connectivity index (χ0n) is 10.3. The molecule has 0 radical (unpaired) electrons. The second-order valence-corrected chi connectivity index (χ2v) is 6.68. The minimum Gasteiger partial charge on any atom is -0.496 e. The molecule has 1 unspecified atom stereocenters. The molecule has 3 N–H and O–H groups in total. The minimum absolute atomic E-state index is 0.0145. The van der Waals surface area contributed by atoms with Gasteiger partial charge in [-0.05, 0) is 42.3 Å². The Kier molecular flexibility index (Phi) is 5.24. The van der Waals surface area contributed by atoms with Gasteiger partial charge in [0.05, 0.1) is 17.5 Å². The van der Waals surface area contributed by atoms with E-state index in [2.05, 4.69) is 21.4 Å². The molecule has 3 nitrogen and oxygen atoms in total. The largest absolute Gasteiger partial charge is 0.496 e. The van der Waals surface area contributed by atoms with Crippen LogP contribution in [0.25, 0.3) is 0 Å². The summed E-state index contributed by atoms with van der Waals surface area (Å²) < 4.78 is 7.15. The Morgan fingerprint density at radius 1 is 1.42 bits per heavy atom. The molecule has 0 bridgehead atoms. The normalized spacial score (nSPS) is 12.4. The van der Waals surface area contributed by atoms with Crippen LogP contribution in [0.1, 0.15) is 16.5 Å². The predicted octanol–water partition coefficient (Wildman–Crippen LogP) is 3.92. The summed E-state index contributed by atoms with van der Waals surface area (Å²) in [4.78, 5) is 1.11. The van der Waals surface area contributed by atoms with Crippen LogP contribution in [-0.2, 0) is 6.42 Å². The summed E-state index contributed by atoms with van der Waals surface area (Å²) in [7, 11) is 1.67. The smallest absolute Gasteiger partial charge is 0.122 e. The summed E-state index contributed by atoms with van der Waals surface area (Å²) in [6.07, 6.45) is 0.732. The van der Waals surface area contributed by atoms with Gasteiger partial charge in [0.1, 0.15) is 5.75 Å². The summed E-state index contributed by atoms with van der Waals surface area (Å²) in [5.41, 5.74) is 3.92. The van der Waals surface area contributed by atoms with E-state index in [9.17, 15) is 0 Å². The summed E-state index contributed by atoms with van der Waals surface area (Å²) >= 11 is 11.0. The molecule has 19 heavy (non-hydrogen) atoms. The highest BCUT2D eigenvalue weighted by Crippen LogP contribution is 2.31. The van der Waals surface area contributed by atoms with Gasteiger partial charge < -0.3 is 4.74 Å². The van der Waals surface area contributed by atoms with Crippen LogP contribution in [0.2, 0.25) is 4.34 Å². The van der Waals surface area contributed by atoms with Gasteiger partial charge in [0.15, 0.2) is 0 Å². The molecule has 0 aliphatic carbocycles. The van der Waals surface area contributed by atoms with Gasteiger partial charge in [0, 0.05) is 9.35 Å². The number of halogens is 2. The minimum atomic E-state index is 0.0145. The Morgan fingerprint density at radius 3 is 2.79 bits per heavy atom. The van der Waals surface area contributed by atoms with E-state index in [1.54, 1.807) is 7.11 Å². The van der Waals surface area contributed by atoms with Crippen molar-refractivity contribution in [2.45, 2.75) is 12.5 Å². The molecular formula is C13H14BrClN2OS. The van der Waals surface area contributed by atoms with E-state index >= 15 is 0 Å². The number of rotatable bonds is 5. The maximum Gasteiger partial charge on any atom is 0.122 e. The molecule has 0 spiro atoms. The number of thiophene rings is 1. The van der Waals surface area contributed by atoms with Crippen LogP contribution in [0.4, 0.5) is 0 Å². The van der Waals surface area contributed by atoms with Crippen molar-refractivity contribution in [2.24, 2.45) is 5.84 Å². The van der Waals surface area contributed by atoms with E-state index in [1.807, 2.05) is 30.3 Å². The first-order chi connectivity index (χ1) is 9.13. The Bertz CT molecular complexity index is 561. The Labute approximate surface area is 129 Å². The van der Waals surface area contributed by atoms with Gasteiger partial charge in [-0.1, -0.05) is 27.5 Å². The molecule has 1 aromatic carbocycles. The highest BCUT2D eigenvalue weighted by atomic mass is 79.9. The third-order valence-electron chi connectivity index (χ3n) is 2.81. The average Bonchev–Trinajstić information content (AvgIpc) is 2.82. The van der Waals surface area contributed by atoms with Gasteiger partial charge in [-0.25, -0.2) is 0 Å². The van der Waals surface area contributed by atoms with Crippen molar-refractivity contribution >= 4 is 38.9 Å². The number of hydrazine groups is 1. The fraction of sp³-hybridized carbons (Fsp3) is 0.231. The fourth-order valence-electron chi connectivity index (χ4n) is 1.88. The molecular weight excluding hydrogens is 348 g/mol. The SMILES string of the molecule is COc1ccc(Br)cc1CC(NN)c1ccc(Cl)s1. The average molecular weight is 362 g/mol. The van der Waals surface area contributed by atoms with Crippen LogP contribution < -0.4 is 16.0 Å². The predicted molar refractivity (Wildman–Crippen MR) is 83.8 cm³/mol. The molecule has 2 aromatic rings. The number of hydrogen-bond donors (Lipinski definition) is 2. The van der Waals surface area contributed by atoms with Gasteiger partial charge in [-0.3, -0.25) is 11.3 Å². The summed E-state index contributed by atoms with van der Waals surface area (Å²) in [6.45, 7) is 0. The second kappa shape index (κ2) is 6.72. The van der Waals surface area contributed by atoms with Crippen LogP contribution in [0.3, 0.4) is 0 Å². The number of nitrogens with two attached hydrogens (primary N) is 1. The highest BCUT2D eigenvalue weighted by Gasteiger charge is 2.15. The molecule has 2 rings (SSSR count). The standard InChI is InChI=1S/C13H14BrClN2OS/c1-18-11-3-2-9(14)6-8(11)7-10(17-16)12-4-5-13(15)19-12/h2-6,10,17H,7,16H2,1H3. The van der Waals surface area contributed by atoms with Gasteiger partial charge in [0.2, 0.25) is 0 Å². The van der Waals surface area contributed by atoms with Crippen molar-refractivity contribution in [3.05, 3.63) is 49.6 Å². The van der Waals surface area contributed by atoms with Gasteiger partial charge in [-0.2, -0.15) is 0 Å². The molecule has 0 fully saturated rings. The number of hydrogen-bond acceptors (Lipinski definition) is 4. The van der Waals surface area contributed by atoms with Crippen molar-refractivity contribution in [1.82, 2.24) is 5.43 Å².